The Kier molecular flexibility index (Phi) is 9.56. The van der Waals surface area contributed by atoms with E-state index in [2.05, 4.69) is 11.9 Å². The number of nitrogens with zero attached hydrogens (tertiary/aromatic N) is 5. The Morgan fingerprint density at radius 1 is 1.14 bits per heavy atom. The molecule has 1 saturated heterocycles. The first-order valence-electron chi connectivity index (χ1n) is 13.2. The molecule has 206 valence electrons. The van der Waals surface area contributed by atoms with Crippen LogP contribution in [0, 0.1) is 0 Å². The minimum Gasteiger partial charge on any atom is -0.457 e. The molecule has 11 nitrogen and oxygen atoms in total. The van der Waals surface area contributed by atoms with Crippen molar-refractivity contribution in [3.63, 3.8) is 0 Å². The zero-order valence-electron chi connectivity index (χ0n) is 22.8. The van der Waals surface area contributed by atoms with E-state index in [0.717, 1.165) is 25.0 Å². The number of aromatic nitrogens is 2. The van der Waals surface area contributed by atoms with Gasteiger partial charge in [-0.2, -0.15) is 0 Å². The number of unbranched alkanes of at least 4 members (excludes halogenated alkanes) is 2. The van der Waals surface area contributed by atoms with Gasteiger partial charge in [0.25, 0.3) is 0 Å². The third-order valence-corrected chi connectivity index (χ3v) is 6.67. The Morgan fingerprint density at radius 2 is 1.84 bits per heavy atom. The maximum Gasteiger partial charge on any atom is 0.410 e. The lowest BCUT2D eigenvalue weighted by Crippen LogP contribution is -2.48. The van der Waals surface area contributed by atoms with Crippen molar-refractivity contribution in [2.75, 3.05) is 26.7 Å². The van der Waals surface area contributed by atoms with E-state index in [1.165, 1.54) is 4.57 Å². The monoisotopic (exact) mass is 519 g/mol. The van der Waals surface area contributed by atoms with Crippen LogP contribution in [0.25, 0.3) is 0 Å². The minimum atomic E-state index is -0.545. The van der Waals surface area contributed by atoms with Crippen LogP contribution in [0.4, 0.5) is 9.59 Å². The molecule has 0 bridgehead atoms. The molecule has 0 spiro atoms. The summed E-state index contributed by atoms with van der Waals surface area (Å²) in [5.74, 6) is -0.0386. The molecule has 3 amide bonds. The fourth-order valence-electron chi connectivity index (χ4n) is 4.54. The summed E-state index contributed by atoms with van der Waals surface area (Å²) in [6.07, 6.45) is 6.12. The van der Waals surface area contributed by atoms with Gasteiger partial charge in [0.15, 0.2) is 5.82 Å². The lowest BCUT2D eigenvalue weighted by atomic mass is 10.0. The summed E-state index contributed by atoms with van der Waals surface area (Å²) in [6.45, 7) is 9.27. The van der Waals surface area contributed by atoms with Crippen LogP contribution in [-0.4, -0.2) is 86.6 Å². The maximum atomic E-state index is 13.2. The summed E-state index contributed by atoms with van der Waals surface area (Å²) in [6, 6.07) is -0.182. The quantitative estimate of drug-likeness (QED) is 0.343. The van der Waals surface area contributed by atoms with Gasteiger partial charge in [0.1, 0.15) is 12.2 Å². The molecule has 1 aromatic rings. The van der Waals surface area contributed by atoms with Gasteiger partial charge in [-0.25, -0.2) is 19.1 Å². The summed E-state index contributed by atoms with van der Waals surface area (Å²) in [4.78, 5) is 59.2. The summed E-state index contributed by atoms with van der Waals surface area (Å²) >= 11 is 0. The second-order valence-corrected chi connectivity index (χ2v) is 10.8. The summed E-state index contributed by atoms with van der Waals surface area (Å²) in [7, 11) is 1.69. The molecule has 37 heavy (non-hydrogen) atoms. The van der Waals surface area contributed by atoms with Crippen molar-refractivity contribution in [3.8, 4) is 0 Å². The molecule has 2 aliphatic rings. The summed E-state index contributed by atoms with van der Waals surface area (Å²) in [5, 5.41) is 0. The second-order valence-electron chi connectivity index (χ2n) is 10.8. The molecule has 0 unspecified atom stereocenters. The molecule has 3 heterocycles. The number of carbonyl (C=O) groups excluding carboxylic acids is 4. The predicted molar refractivity (Wildman–Crippen MR) is 136 cm³/mol. The van der Waals surface area contributed by atoms with Gasteiger partial charge in [-0.3, -0.25) is 9.59 Å². The first kappa shape index (κ1) is 28.5. The molecule has 3 rings (SSSR count). The Hall–Kier alpha value is -3.11. The van der Waals surface area contributed by atoms with E-state index in [4.69, 9.17) is 9.47 Å². The number of ether oxygens (including phenoxy) is 2. The van der Waals surface area contributed by atoms with Crippen molar-refractivity contribution in [3.05, 3.63) is 17.7 Å². The number of hydrogen-bond acceptors (Lipinski definition) is 7. The van der Waals surface area contributed by atoms with Gasteiger partial charge in [-0.05, 0) is 40.0 Å². The largest absolute Gasteiger partial charge is 0.457 e. The van der Waals surface area contributed by atoms with Crippen LogP contribution in [0.2, 0.25) is 0 Å². The average Bonchev–Trinajstić information content (AvgIpc) is 3.40. The number of likely N-dealkylation sites (tertiary alicyclic amines) is 1. The number of carbonyl (C=O) groups is 4. The Labute approximate surface area is 219 Å². The highest BCUT2D eigenvalue weighted by Gasteiger charge is 2.37. The van der Waals surface area contributed by atoms with Crippen LogP contribution < -0.4 is 0 Å². The van der Waals surface area contributed by atoms with Gasteiger partial charge >= 0.3 is 18.1 Å². The van der Waals surface area contributed by atoms with Crippen LogP contribution in [0.1, 0.15) is 84.2 Å². The normalized spacial score (nSPS) is 16.1. The Morgan fingerprint density at radius 3 is 2.49 bits per heavy atom. The SMILES string of the molecule is CCCCCC(=O)N(C)CCC(=O)OCc1ncc2n1C(=O)N(C1CCN(C(=O)OC(C)(C)C)CC1)C2. The molecule has 0 saturated carbocycles. The van der Waals surface area contributed by atoms with Crippen LogP contribution in [0.5, 0.6) is 0 Å². The van der Waals surface area contributed by atoms with Crippen LogP contribution in [0.3, 0.4) is 0 Å². The zero-order chi connectivity index (χ0) is 27.2. The molecular formula is C26H41N5O6. The Bertz CT molecular complexity index is 977. The van der Waals surface area contributed by atoms with Gasteiger partial charge in [0.2, 0.25) is 5.91 Å². The summed E-state index contributed by atoms with van der Waals surface area (Å²) < 4.78 is 12.3. The number of fused-ring (bicyclic) bond motifs is 1. The molecule has 11 heteroatoms. The topological polar surface area (TPSA) is 114 Å². The number of piperidine rings is 1. The van der Waals surface area contributed by atoms with Crippen molar-refractivity contribution in [2.24, 2.45) is 0 Å². The molecule has 0 aromatic carbocycles. The lowest BCUT2D eigenvalue weighted by molar-refractivity contribution is -0.146. The van der Waals surface area contributed by atoms with Crippen molar-refractivity contribution < 1.29 is 28.7 Å². The lowest BCUT2D eigenvalue weighted by Gasteiger charge is -2.36. The van der Waals surface area contributed by atoms with E-state index in [-0.39, 0.29) is 43.6 Å². The molecule has 1 fully saturated rings. The number of imidazole rings is 1. The van der Waals surface area contributed by atoms with Crippen molar-refractivity contribution in [1.82, 2.24) is 24.3 Å². The first-order chi connectivity index (χ1) is 17.5. The van der Waals surface area contributed by atoms with Crippen LogP contribution in [-0.2, 0) is 32.2 Å². The minimum absolute atomic E-state index is 0.00638. The highest BCUT2D eigenvalue weighted by molar-refractivity contribution is 5.81. The smallest absolute Gasteiger partial charge is 0.410 e. The maximum absolute atomic E-state index is 13.2. The van der Waals surface area contributed by atoms with Gasteiger partial charge < -0.3 is 24.2 Å². The van der Waals surface area contributed by atoms with Crippen molar-refractivity contribution >= 4 is 24.0 Å². The standard InChI is InChI=1S/C26H41N5O6/c1-6-7-8-9-22(32)28(5)13-12-23(33)36-18-21-27-16-20-17-30(24(34)31(20)21)19-10-14-29(15-11-19)25(35)37-26(2,3)4/h16,19H,6-15,17-18H2,1-5H3. The number of esters is 1. The number of rotatable bonds is 10. The number of hydrogen-bond donors (Lipinski definition) is 0. The fraction of sp³-hybridized carbons (Fsp3) is 0.731. The van der Waals surface area contributed by atoms with E-state index < -0.39 is 11.6 Å². The third kappa shape index (κ3) is 7.69. The first-order valence-corrected chi connectivity index (χ1v) is 13.2. The van der Waals surface area contributed by atoms with E-state index in [1.54, 1.807) is 27.9 Å². The predicted octanol–water partition coefficient (Wildman–Crippen LogP) is 3.54. The van der Waals surface area contributed by atoms with E-state index in [1.807, 2.05) is 20.8 Å². The highest BCUT2D eigenvalue weighted by atomic mass is 16.6. The third-order valence-electron chi connectivity index (χ3n) is 6.67. The molecule has 0 N–H and O–H groups in total. The molecule has 0 radical (unpaired) electrons. The summed E-state index contributed by atoms with van der Waals surface area (Å²) in [5.41, 5.74) is 0.208. The van der Waals surface area contributed by atoms with Gasteiger partial charge in [0.05, 0.1) is 24.9 Å². The highest BCUT2D eigenvalue weighted by Crippen LogP contribution is 2.27. The molecule has 0 atom stereocenters. The zero-order valence-corrected chi connectivity index (χ0v) is 22.8. The van der Waals surface area contributed by atoms with E-state index >= 15 is 0 Å². The molecule has 1 aromatic heterocycles. The van der Waals surface area contributed by atoms with Crippen molar-refractivity contribution in [2.45, 2.75) is 97.4 Å². The fourth-order valence-corrected chi connectivity index (χ4v) is 4.54. The average molecular weight is 520 g/mol. The van der Waals surface area contributed by atoms with Crippen molar-refractivity contribution in [1.29, 1.82) is 0 Å². The van der Waals surface area contributed by atoms with Crippen LogP contribution in [0.15, 0.2) is 6.20 Å². The van der Waals surface area contributed by atoms with E-state index in [0.29, 0.717) is 44.7 Å². The van der Waals surface area contributed by atoms with Crippen LogP contribution >= 0.6 is 0 Å². The number of amides is 3. The Balaban J connectivity index is 1.45. The second kappa shape index (κ2) is 12.4. The van der Waals surface area contributed by atoms with Gasteiger partial charge in [0, 0.05) is 39.1 Å². The molecule has 0 aliphatic carbocycles. The van der Waals surface area contributed by atoms with E-state index in [9.17, 15) is 19.2 Å². The molecular weight excluding hydrogens is 478 g/mol. The van der Waals surface area contributed by atoms with Gasteiger partial charge in [-0.15, -0.1) is 0 Å². The molecule has 2 aliphatic heterocycles. The van der Waals surface area contributed by atoms with Gasteiger partial charge in [-0.1, -0.05) is 19.8 Å².